The molecule has 0 radical (unpaired) electrons. The summed E-state index contributed by atoms with van der Waals surface area (Å²) in [6.07, 6.45) is 14.1. The van der Waals surface area contributed by atoms with Crippen LogP contribution in [0.4, 0.5) is 0 Å². The first-order chi connectivity index (χ1) is 17.6. The fraction of sp³-hybridized carbons (Fsp3) is 0.486. The first-order valence-corrected chi connectivity index (χ1v) is 14.6. The normalized spacial score (nSPS) is 11.3. The van der Waals surface area contributed by atoms with E-state index in [1.165, 1.54) is 58.0 Å². The number of aryl methyl sites for hydroxylation is 2. The van der Waals surface area contributed by atoms with Crippen LogP contribution in [0.2, 0.25) is 0 Å². The summed E-state index contributed by atoms with van der Waals surface area (Å²) in [5.41, 5.74) is 9.08. The van der Waals surface area contributed by atoms with Crippen molar-refractivity contribution < 1.29 is 5.11 Å². The lowest BCUT2D eigenvalue weighted by Crippen LogP contribution is -2.07. The van der Waals surface area contributed by atoms with Gasteiger partial charge in [-0.05, 0) is 90.1 Å². The molecule has 0 saturated heterocycles. The van der Waals surface area contributed by atoms with Crippen LogP contribution >= 0.6 is 0 Å². The molecule has 0 atom stereocenters. The highest BCUT2D eigenvalue weighted by atomic mass is 16.3. The number of unbranched alkanes of at least 4 members (excludes halogenated alkanes) is 4. The Morgan fingerprint density at radius 3 is 1.94 bits per heavy atom. The van der Waals surface area contributed by atoms with Gasteiger partial charge in [0.1, 0.15) is 5.75 Å². The molecular weight excluding hydrogens is 436 g/mol. The van der Waals surface area contributed by atoms with Crippen molar-refractivity contribution in [2.24, 2.45) is 0 Å². The molecule has 0 aliphatic rings. The van der Waals surface area contributed by atoms with Crippen LogP contribution in [0.5, 0.6) is 5.75 Å². The first kappa shape index (κ1) is 28.0. The van der Waals surface area contributed by atoms with E-state index < -0.39 is 0 Å². The van der Waals surface area contributed by atoms with Gasteiger partial charge in [0, 0.05) is 17.4 Å². The molecule has 0 aliphatic heterocycles. The second kappa shape index (κ2) is 14.3. The van der Waals surface area contributed by atoms with Gasteiger partial charge >= 0.3 is 0 Å². The number of hydrogen-bond acceptors (Lipinski definition) is 1. The molecule has 0 fully saturated rings. The summed E-state index contributed by atoms with van der Waals surface area (Å²) in [5.74, 6) is 0.524. The minimum absolute atomic E-state index is 0.524. The molecule has 0 aliphatic carbocycles. The Kier molecular flexibility index (Phi) is 11.1. The van der Waals surface area contributed by atoms with Gasteiger partial charge in [0.15, 0.2) is 0 Å². The number of fused-ring (bicyclic) bond motifs is 1. The molecule has 3 aromatic rings. The molecule has 3 rings (SSSR count). The van der Waals surface area contributed by atoms with E-state index in [-0.39, 0.29) is 0 Å². The molecule has 0 saturated carbocycles. The predicted molar refractivity (Wildman–Crippen MR) is 159 cm³/mol. The largest absolute Gasteiger partial charge is 0.507 e. The maximum Gasteiger partial charge on any atom is 0.127 e. The van der Waals surface area contributed by atoms with E-state index >= 15 is 0 Å². The van der Waals surface area contributed by atoms with Crippen LogP contribution in [0.3, 0.4) is 0 Å². The predicted octanol–water partition coefficient (Wildman–Crippen LogP) is 10.4. The number of benzene rings is 3. The molecule has 36 heavy (non-hydrogen) atoms. The van der Waals surface area contributed by atoms with Gasteiger partial charge in [0.05, 0.1) is 0 Å². The number of phenols is 1. The summed E-state index contributed by atoms with van der Waals surface area (Å²) in [4.78, 5) is 0. The standard InChI is InChI=1S/C35H48O/c1-6-10-17-26(5)33-30(22-13-9-4)32(25-27-18-15-14-16-19-27)35(36)34-29(21-12-8-3)28(20-11-7-2)23-24-31(33)34/h14-16,18-19,23-24,36H,5-13,17,20-22,25H2,1-4H3. The zero-order chi connectivity index (χ0) is 25.9. The van der Waals surface area contributed by atoms with E-state index in [1.807, 2.05) is 0 Å². The van der Waals surface area contributed by atoms with Crippen LogP contribution in [0, 0.1) is 0 Å². The van der Waals surface area contributed by atoms with Crippen molar-refractivity contribution in [3.05, 3.63) is 82.4 Å². The minimum Gasteiger partial charge on any atom is -0.507 e. The third-order valence-corrected chi connectivity index (χ3v) is 7.64. The van der Waals surface area contributed by atoms with Crippen molar-refractivity contribution in [3.63, 3.8) is 0 Å². The molecule has 0 spiro atoms. The molecule has 0 amide bonds. The van der Waals surface area contributed by atoms with Crippen LogP contribution in [-0.4, -0.2) is 5.11 Å². The Bertz CT molecular complexity index is 1120. The third kappa shape index (κ3) is 6.61. The van der Waals surface area contributed by atoms with Crippen molar-refractivity contribution in [1.82, 2.24) is 0 Å². The van der Waals surface area contributed by atoms with Gasteiger partial charge in [-0.3, -0.25) is 0 Å². The summed E-state index contributed by atoms with van der Waals surface area (Å²) >= 11 is 0. The van der Waals surface area contributed by atoms with Crippen LogP contribution in [0.1, 0.15) is 119 Å². The molecule has 1 N–H and O–H groups in total. The van der Waals surface area contributed by atoms with Gasteiger partial charge in [-0.2, -0.15) is 0 Å². The summed E-state index contributed by atoms with van der Waals surface area (Å²) in [6, 6.07) is 15.3. The van der Waals surface area contributed by atoms with Crippen molar-refractivity contribution in [2.45, 2.75) is 111 Å². The van der Waals surface area contributed by atoms with Crippen LogP contribution < -0.4 is 0 Å². The maximum atomic E-state index is 12.1. The SMILES string of the molecule is C=C(CCCC)c1c(CCCC)c(Cc2ccccc2)c(O)c2c(CCCC)c(CCCC)ccc12. The van der Waals surface area contributed by atoms with Gasteiger partial charge in [-0.15, -0.1) is 0 Å². The van der Waals surface area contributed by atoms with Gasteiger partial charge < -0.3 is 5.11 Å². The molecule has 3 aromatic carbocycles. The molecule has 0 heterocycles. The lowest BCUT2D eigenvalue weighted by molar-refractivity contribution is 0.474. The van der Waals surface area contributed by atoms with E-state index in [0.717, 1.165) is 75.2 Å². The number of allylic oxidation sites excluding steroid dienone is 1. The lowest BCUT2D eigenvalue weighted by Gasteiger charge is -2.24. The molecule has 1 heteroatoms. The van der Waals surface area contributed by atoms with Crippen LogP contribution in [0.25, 0.3) is 16.3 Å². The van der Waals surface area contributed by atoms with E-state index in [1.54, 1.807) is 0 Å². The summed E-state index contributed by atoms with van der Waals surface area (Å²) < 4.78 is 0. The molecule has 0 aromatic heterocycles. The fourth-order valence-electron chi connectivity index (χ4n) is 5.56. The summed E-state index contributed by atoms with van der Waals surface area (Å²) in [7, 11) is 0. The van der Waals surface area contributed by atoms with Gasteiger partial charge in [-0.1, -0.05) is 102 Å². The van der Waals surface area contributed by atoms with Crippen LogP contribution in [-0.2, 0) is 25.7 Å². The maximum absolute atomic E-state index is 12.1. The second-order valence-corrected chi connectivity index (χ2v) is 10.5. The Morgan fingerprint density at radius 1 is 0.694 bits per heavy atom. The smallest absolute Gasteiger partial charge is 0.127 e. The summed E-state index contributed by atoms with van der Waals surface area (Å²) in [6.45, 7) is 13.7. The minimum atomic E-state index is 0.524. The van der Waals surface area contributed by atoms with E-state index in [9.17, 15) is 5.11 Å². The van der Waals surface area contributed by atoms with Crippen molar-refractivity contribution in [3.8, 4) is 5.75 Å². The molecular formula is C35H48O. The monoisotopic (exact) mass is 484 g/mol. The quantitative estimate of drug-likeness (QED) is 0.227. The lowest BCUT2D eigenvalue weighted by atomic mass is 9.80. The van der Waals surface area contributed by atoms with Gasteiger partial charge in [-0.25, -0.2) is 0 Å². The third-order valence-electron chi connectivity index (χ3n) is 7.64. The van der Waals surface area contributed by atoms with Crippen LogP contribution in [0.15, 0.2) is 49.0 Å². The molecule has 0 unspecified atom stereocenters. The zero-order valence-electron chi connectivity index (χ0n) is 23.4. The second-order valence-electron chi connectivity index (χ2n) is 10.5. The Morgan fingerprint density at radius 2 is 1.31 bits per heavy atom. The van der Waals surface area contributed by atoms with Gasteiger partial charge in [0.2, 0.25) is 0 Å². The van der Waals surface area contributed by atoms with Crippen molar-refractivity contribution in [2.75, 3.05) is 0 Å². The average Bonchev–Trinajstić information content (AvgIpc) is 2.90. The van der Waals surface area contributed by atoms with E-state index in [0.29, 0.717) is 5.75 Å². The Labute approximate surface area is 220 Å². The molecule has 0 bridgehead atoms. The number of hydrogen-bond donors (Lipinski definition) is 1. The average molecular weight is 485 g/mol. The highest BCUT2D eigenvalue weighted by molar-refractivity contribution is 6.02. The first-order valence-electron chi connectivity index (χ1n) is 14.6. The van der Waals surface area contributed by atoms with E-state index in [4.69, 9.17) is 0 Å². The van der Waals surface area contributed by atoms with Gasteiger partial charge in [0.25, 0.3) is 0 Å². The number of aromatic hydroxyl groups is 1. The zero-order valence-corrected chi connectivity index (χ0v) is 23.4. The Balaban J connectivity index is 2.38. The van der Waals surface area contributed by atoms with Crippen molar-refractivity contribution in [1.29, 1.82) is 0 Å². The Hall–Kier alpha value is -2.54. The molecule has 1 nitrogen and oxygen atoms in total. The van der Waals surface area contributed by atoms with Crippen molar-refractivity contribution >= 4 is 16.3 Å². The number of phenolic OH excluding ortho intramolecular Hbond substituents is 1. The topological polar surface area (TPSA) is 20.2 Å². The molecule has 194 valence electrons. The van der Waals surface area contributed by atoms with E-state index in [2.05, 4.69) is 76.7 Å². The number of rotatable bonds is 15. The fourth-order valence-corrected chi connectivity index (χ4v) is 5.56. The highest BCUT2D eigenvalue weighted by Gasteiger charge is 2.23. The highest BCUT2D eigenvalue weighted by Crippen LogP contribution is 2.44. The summed E-state index contributed by atoms with van der Waals surface area (Å²) in [5, 5.41) is 14.4.